The molecule has 148 valence electrons. The number of anilines is 1. The van der Waals surface area contributed by atoms with E-state index in [0.29, 0.717) is 10.9 Å². The fraction of sp³-hybridized carbons (Fsp3) is 0.200. The zero-order chi connectivity index (χ0) is 20.7. The number of halogens is 4. The Bertz CT molecular complexity index is 1180. The highest BCUT2D eigenvalue weighted by atomic mass is 35.5. The standard InChI is InChI=1S/C15H12ClF3N6O2S/c16-10-1-2-11(14-13(10)8(3-20)4-22-14)24-28(26,27)9-5-23-25(6-9)7-12(21)15(17,18)19/h1-2,4-6,12,22,24H,7,21H2. The van der Waals surface area contributed by atoms with Crippen LogP contribution in [0.15, 0.2) is 35.6 Å². The van der Waals surface area contributed by atoms with E-state index in [1.165, 1.54) is 18.3 Å². The zero-order valence-corrected chi connectivity index (χ0v) is 15.4. The lowest BCUT2D eigenvalue weighted by molar-refractivity contribution is -0.150. The van der Waals surface area contributed by atoms with Gasteiger partial charge in [0.05, 0.1) is 34.5 Å². The highest BCUT2D eigenvalue weighted by molar-refractivity contribution is 7.92. The number of aromatic amines is 1. The maximum atomic E-state index is 12.6. The zero-order valence-electron chi connectivity index (χ0n) is 13.8. The largest absolute Gasteiger partial charge is 0.405 e. The number of fused-ring (bicyclic) bond motifs is 1. The molecule has 0 aliphatic heterocycles. The molecule has 28 heavy (non-hydrogen) atoms. The van der Waals surface area contributed by atoms with E-state index in [0.717, 1.165) is 17.1 Å². The molecule has 1 unspecified atom stereocenters. The van der Waals surface area contributed by atoms with E-state index in [9.17, 15) is 21.6 Å². The first kappa shape index (κ1) is 20.0. The Morgan fingerprint density at radius 3 is 2.79 bits per heavy atom. The van der Waals surface area contributed by atoms with E-state index in [-0.39, 0.29) is 21.2 Å². The topological polar surface area (TPSA) is 130 Å². The van der Waals surface area contributed by atoms with Gasteiger partial charge in [0.25, 0.3) is 10.0 Å². The van der Waals surface area contributed by atoms with Crippen LogP contribution in [-0.2, 0) is 16.6 Å². The van der Waals surface area contributed by atoms with Crippen LogP contribution < -0.4 is 10.5 Å². The van der Waals surface area contributed by atoms with Gasteiger partial charge in [0.2, 0.25) is 0 Å². The molecule has 1 atom stereocenters. The van der Waals surface area contributed by atoms with Gasteiger partial charge < -0.3 is 10.7 Å². The second-order valence-corrected chi connectivity index (χ2v) is 7.90. The summed E-state index contributed by atoms with van der Waals surface area (Å²) >= 11 is 6.07. The van der Waals surface area contributed by atoms with Crippen molar-refractivity contribution < 1.29 is 21.6 Å². The average Bonchev–Trinajstić information content (AvgIpc) is 3.24. The minimum Gasteiger partial charge on any atom is -0.358 e. The highest BCUT2D eigenvalue weighted by Crippen LogP contribution is 2.32. The lowest BCUT2D eigenvalue weighted by Crippen LogP contribution is -2.40. The van der Waals surface area contributed by atoms with Gasteiger partial charge >= 0.3 is 6.18 Å². The first-order valence-electron chi connectivity index (χ1n) is 7.60. The molecule has 0 saturated carbocycles. The first-order valence-corrected chi connectivity index (χ1v) is 9.46. The summed E-state index contributed by atoms with van der Waals surface area (Å²) in [6, 6.07) is 2.56. The van der Waals surface area contributed by atoms with E-state index >= 15 is 0 Å². The van der Waals surface area contributed by atoms with Gasteiger partial charge in [0.1, 0.15) is 17.0 Å². The van der Waals surface area contributed by atoms with E-state index < -0.39 is 28.8 Å². The Kier molecular flexibility index (Phi) is 5.00. The molecular weight excluding hydrogens is 421 g/mol. The Morgan fingerprint density at radius 1 is 1.43 bits per heavy atom. The number of nitrogens with zero attached hydrogens (tertiary/aromatic N) is 3. The molecule has 3 aromatic rings. The summed E-state index contributed by atoms with van der Waals surface area (Å²) in [5.74, 6) is 0. The molecule has 2 heterocycles. The average molecular weight is 433 g/mol. The predicted molar refractivity (Wildman–Crippen MR) is 95.1 cm³/mol. The molecule has 8 nitrogen and oxygen atoms in total. The van der Waals surface area contributed by atoms with Crippen molar-refractivity contribution in [2.45, 2.75) is 23.7 Å². The van der Waals surface area contributed by atoms with Gasteiger partial charge in [-0.1, -0.05) is 11.6 Å². The van der Waals surface area contributed by atoms with Crippen LogP contribution in [0.1, 0.15) is 5.56 Å². The van der Waals surface area contributed by atoms with Crippen molar-refractivity contribution in [3.05, 3.63) is 41.3 Å². The van der Waals surface area contributed by atoms with Crippen LogP contribution in [0.4, 0.5) is 18.9 Å². The summed E-state index contributed by atoms with van der Waals surface area (Å²) in [7, 11) is -4.17. The molecule has 1 aromatic carbocycles. The Morgan fingerprint density at radius 2 is 2.14 bits per heavy atom. The number of hydrogen-bond donors (Lipinski definition) is 3. The van der Waals surface area contributed by atoms with E-state index in [2.05, 4.69) is 14.8 Å². The van der Waals surface area contributed by atoms with Gasteiger partial charge in [0.15, 0.2) is 0 Å². The van der Waals surface area contributed by atoms with Gasteiger partial charge in [0, 0.05) is 17.8 Å². The predicted octanol–water partition coefficient (Wildman–Crippen LogP) is 2.58. The molecule has 0 aliphatic carbocycles. The molecule has 0 saturated heterocycles. The van der Waals surface area contributed by atoms with Gasteiger partial charge in [-0.15, -0.1) is 0 Å². The summed E-state index contributed by atoms with van der Waals surface area (Å²) in [6.45, 7) is -0.730. The second kappa shape index (κ2) is 7.01. The van der Waals surface area contributed by atoms with Crippen LogP contribution in [0, 0.1) is 11.3 Å². The molecule has 4 N–H and O–H groups in total. The SMILES string of the molecule is N#Cc1c[nH]c2c(NS(=O)(=O)c3cnn(CC(N)C(F)(F)F)c3)ccc(Cl)c12. The third kappa shape index (κ3) is 3.77. The van der Waals surface area contributed by atoms with Crippen molar-refractivity contribution in [1.29, 1.82) is 5.26 Å². The number of nitriles is 1. The van der Waals surface area contributed by atoms with Crippen LogP contribution >= 0.6 is 11.6 Å². The number of benzene rings is 1. The monoisotopic (exact) mass is 432 g/mol. The number of H-pyrrole nitrogens is 1. The van der Waals surface area contributed by atoms with Crippen LogP contribution in [0.3, 0.4) is 0 Å². The highest BCUT2D eigenvalue weighted by Gasteiger charge is 2.37. The summed E-state index contributed by atoms with van der Waals surface area (Å²) < 4.78 is 65.9. The van der Waals surface area contributed by atoms with Crippen molar-refractivity contribution in [3.63, 3.8) is 0 Å². The first-order chi connectivity index (χ1) is 13.0. The van der Waals surface area contributed by atoms with Gasteiger partial charge in [-0.25, -0.2) is 8.42 Å². The molecule has 0 fully saturated rings. The maximum Gasteiger partial charge on any atom is 0.405 e. The Labute approximate surface area is 161 Å². The number of rotatable bonds is 5. The van der Waals surface area contributed by atoms with Crippen LogP contribution in [0.2, 0.25) is 5.02 Å². The molecule has 2 aromatic heterocycles. The smallest absolute Gasteiger partial charge is 0.358 e. The van der Waals surface area contributed by atoms with Gasteiger partial charge in [-0.3, -0.25) is 9.40 Å². The Balaban J connectivity index is 1.90. The number of hydrogen-bond acceptors (Lipinski definition) is 5. The molecule has 0 spiro atoms. The fourth-order valence-electron chi connectivity index (χ4n) is 2.47. The Hall–Kier alpha value is -2.75. The molecule has 0 amide bonds. The third-order valence-corrected chi connectivity index (χ3v) is 5.51. The molecular formula is C15H12ClF3N6O2S. The van der Waals surface area contributed by atoms with Gasteiger partial charge in [-0.05, 0) is 12.1 Å². The lowest BCUT2D eigenvalue weighted by atomic mass is 10.1. The summed E-state index contributed by atoms with van der Waals surface area (Å²) in [4.78, 5) is 2.42. The van der Waals surface area contributed by atoms with Crippen molar-refractivity contribution in [3.8, 4) is 6.07 Å². The number of nitrogens with one attached hydrogen (secondary N) is 2. The van der Waals surface area contributed by atoms with E-state index in [4.69, 9.17) is 22.6 Å². The minimum atomic E-state index is -4.63. The van der Waals surface area contributed by atoms with Gasteiger partial charge in [-0.2, -0.15) is 23.5 Å². The second-order valence-electron chi connectivity index (χ2n) is 5.81. The van der Waals surface area contributed by atoms with Crippen LogP contribution in [0.25, 0.3) is 10.9 Å². The summed E-state index contributed by atoms with van der Waals surface area (Å²) in [6.07, 6.45) is -1.40. The summed E-state index contributed by atoms with van der Waals surface area (Å²) in [5.41, 5.74) is 5.66. The molecule has 0 radical (unpaired) electrons. The number of aromatic nitrogens is 3. The number of alkyl halides is 3. The van der Waals surface area contributed by atoms with Crippen molar-refractivity contribution in [2.24, 2.45) is 5.73 Å². The van der Waals surface area contributed by atoms with E-state index in [1.807, 2.05) is 6.07 Å². The fourth-order valence-corrected chi connectivity index (χ4v) is 3.76. The molecule has 0 aliphatic rings. The number of nitrogens with two attached hydrogens (primary N) is 1. The van der Waals surface area contributed by atoms with Crippen molar-refractivity contribution in [1.82, 2.24) is 14.8 Å². The lowest BCUT2D eigenvalue weighted by Gasteiger charge is -2.15. The summed E-state index contributed by atoms with van der Waals surface area (Å²) in [5, 5.41) is 13.3. The van der Waals surface area contributed by atoms with Crippen LogP contribution in [0.5, 0.6) is 0 Å². The van der Waals surface area contributed by atoms with Crippen LogP contribution in [-0.4, -0.2) is 35.4 Å². The maximum absolute atomic E-state index is 12.6. The molecule has 3 rings (SSSR count). The normalized spacial score (nSPS) is 13.4. The quantitative estimate of drug-likeness (QED) is 0.570. The van der Waals surface area contributed by atoms with Crippen molar-refractivity contribution >= 4 is 38.2 Å². The minimum absolute atomic E-state index is 0.112. The molecule has 13 heteroatoms. The van der Waals surface area contributed by atoms with E-state index in [1.54, 1.807) is 0 Å². The third-order valence-electron chi connectivity index (χ3n) is 3.87. The molecule has 0 bridgehead atoms. The number of sulfonamides is 1. The van der Waals surface area contributed by atoms with Crippen molar-refractivity contribution in [2.75, 3.05) is 4.72 Å².